The van der Waals surface area contributed by atoms with Crippen molar-refractivity contribution in [2.45, 2.75) is 0 Å². The first-order valence-electron chi connectivity index (χ1n) is 2.48. The van der Waals surface area contributed by atoms with Gasteiger partial charge in [-0.25, -0.2) is 0 Å². The highest BCUT2D eigenvalue weighted by molar-refractivity contribution is 6.10. The number of rotatable bonds is 0. The zero-order chi connectivity index (χ0) is 6.85. The van der Waals surface area contributed by atoms with Gasteiger partial charge in [-0.05, 0) is 0 Å². The number of nitrogens with two attached hydrogens (primary N) is 1. The molecule has 0 aromatic carbocycles. The van der Waals surface area contributed by atoms with Gasteiger partial charge in [0.05, 0.1) is 6.07 Å². The van der Waals surface area contributed by atoms with Gasteiger partial charge in [0, 0.05) is 0 Å². The Morgan fingerprint density at radius 2 is 2.56 bits per heavy atom. The van der Waals surface area contributed by atoms with Crippen molar-refractivity contribution in [2.24, 2.45) is 16.6 Å². The van der Waals surface area contributed by atoms with Gasteiger partial charge < -0.3 is 5.73 Å². The number of hydrogen-bond donors (Lipinski definition) is 1. The summed E-state index contributed by atoms with van der Waals surface area (Å²) in [7, 11) is 0. The van der Waals surface area contributed by atoms with E-state index < -0.39 is 5.92 Å². The smallest absolute Gasteiger partial charge is 0.178 e. The molecule has 1 aliphatic rings. The maximum Gasteiger partial charge on any atom is 0.178 e. The van der Waals surface area contributed by atoms with Crippen LogP contribution in [0.4, 0.5) is 0 Å². The van der Waals surface area contributed by atoms with E-state index in [4.69, 9.17) is 11.0 Å². The first-order chi connectivity index (χ1) is 4.25. The number of aliphatic imine (C=N–C) groups is 1. The van der Waals surface area contributed by atoms with Gasteiger partial charge in [0.1, 0.15) is 12.4 Å². The summed E-state index contributed by atoms with van der Waals surface area (Å²) in [5.74, 6) is -0.817. The van der Waals surface area contributed by atoms with E-state index in [0.717, 1.165) is 0 Å². The predicted octanol–water partition coefficient (Wildman–Crippen LogP) is -0.934. The number of ketones is 1. The van der Waals surface area contributed by atoms with Gasteiger partial charge >= 0.3 is 0 Å². The van der Waals surface area contributed by atoms with Gasteiger partial charge in [-0.1, -0.05) is 0 Å². The van der Waals surface area contributed by atoms with Crippen molar-refractivity contribution in [3.05, 3.63) is 0 Å². The van der Waals surface area contributed by atoms with Crippen LogP contribution in [0.2, 0.25) is 0 Å². The zero-order valence-corrected chi connectivity index (χ0v) is 4.66. The van der Waals surface area contributed by atoms with E-state index >= 15 is 0 Å². The Morgan fingerprint density at radius 1 is 1.89 bits per heavy atom. The molecule has 4 heteroatoms. The highest BCUT2D eigenvalue weighted by atomic mass is 16.1. The maximum atomic E-state index is 10.6. The van der Waals surface area contributed by atoms with Crippen LogP contribution in [0.3, 0.4) is 0 Å². The van der Waals surface area contributed by atoms with Crippen LogP contribution in [0.1, 0.15) is 0 Å². The lowest BCUT2D eigenvalue weighted by molar-refractivity contribution is -0.117. The Kier molecular flexibility index (Phi) is 1.19. The van der Waals surface area contributed by atoms with Crippen LogP contribution in [0.15, 0.2) is 4.99 Å². The molecular formula is C5H5N3O. The number of carbonyl (C=O) groups is 1. The summed E-state index contributed by atoms with van der Waals surface area (Å²) in [6, 6.07) is 1.76. The fourth-order valence-corrected chi connectivity index (χ4v) is 0.655. The van der Waals surface area contributed by atoms with Crippen molar-refractivity contribution in [3.63, 3.8) is 0 Å². The average molecular weight is 123 g/mol. The molecular weight excluding hydrogens is 118 g/mol. The first kappa shape index (κ1) is 5.76. The molecule has 1 aliphatic heterocycles. The molecule has 0 aromatic rings. The molecule has 1 rings (SSSR count). The summed E-state index contributed by atoms with van der Waals surface area (Å²) < 4.78 is 0. The fourth-order valence-electron chi connectivity index (χ4n) is 0.655. The van der Waals surface area contributed by atoms with Crippen LogP contribution >= 0.6 is 0 Å². The molecule has 0 fully saturated rings. The van der Waals surface area contributed by atoms with Gasteiger partial charge in [-0.3, -0.25) is 9.79 Å². The highest BCUT2D eigenvalue weighted by Crippen LogP contribution is 2.04. The van der Waals surface area contributed by atoms with E-state index in [1.807, 2.05) is 0 Å². The predicted molar refractivity (Wildman–Crippen MR) is 30.6 cm³/mol. The summed E-state index contributed by atoms with van der Waals surface area (Å²) in [6.07, 6.45) is 0. The average Bonchev–Trinajstić information content (AvgIpc) is 2.12. The van der Waals surface area contributed by atoms with E-state index in [0.29, 0.717) is 0 Å². The van der Waals surface area contributed by atoms with Crippen LogP contribution < -0.4 is 5.73 Å². The number of nitrogens with zero attached hydrogens (tertiary/aromatic N) is 2. The zero-order valence-electron chi connectivity index (χ0n) is 4.66. The molecule has 1 unspecified atom stereocenters. The van der Waals surface area contributed by atoms with E-state index in [1.165, 1.54) is 0 Å². The highest BCUT2D eigenvalue weighted by Gasteiger charge is 2.26. The lowest BCUT2D eigenvalue weighted by atomic mass is 10.1. The van der Waals surface area contributed by atoms with Gasteiger partial charge in [-0.15, -0.1) is 0 Å². The topological polar surface area (TPSA) is 79.2 Å². The number of carbonyl (C=O) groups excluding carboxylic acids is 1. The second-order valence-corrected chi connectivity index (χ2v) is 1.77. The molecule has 1 heterocycles. The molecule has 46 valence electrons. The number of hydrogen-bond acceptors (Lipinski definition) is 4. The van der Waals surface area contributed by atoms with Crippen LogP contribution in [0, 0.1) is 17.2 Å². The molecule has 0 aliphatic carbocycles. The second kappa shape index (κ2) is 1.86. The van der Waals surface area contributed by atoms with Crippen LogP contribution in [0.5, 0.6) is 0 Å². The molecule has 0 aromatic heterocycles. The number of nitriles is 1. The monoisotopic (exact) mass is 123 g/mol. The van der Waals surface area contributed by atoms with Crippen LogP contribution in [0.25, 0.3) is 0 Å². The van der Waals surface area contributed by atoms with Crippen molar-refractivity contribution < 1.29 is 4.79 Å². The quantitative estimate of drug-likeness (QED) is 0.451. The molecule has 0 saturated carbocycles. The largest absolute Gasteiger partial charge is 0.386 e. The van der Waals surface area contributed by atoms with Crippen molar-refractivity contribution in [3.8, 4) is 6.07 Å². The van der Waals surface area contributed by atoms with Crippen LogP contribution in [-0.4, -0.2) is 18.2 Å². The van der Waals surface area contributed by atoms with E-state index in [-0.39, 0.29) is 18.2 Å². The number of Topliss-reactive ketones (excluding diaryl/α,β-unsaturated/α-hetero) is 1. The maximum absolute atomic E-state index is 10.6. The fraction of sp³-hybridized carbons (Fsp3) is 0.400. The molecule has 1 atom stereocenters. The van der Waals surface area contributed by atoms with Crippen molar-refractivity contribution in [1.82, 2.24) is 0 Å². The minimum absolute atomic E-state index is 0.0735. The minimum Gasteiger partial charge on any atom is -0.386 e. The summed E-state index contributed by atoms with van der Waals surface area (Å²) >= 11 is 0. The van der Waals surface area contributed by atoms with E-state index in [2.05, 4.69) is 4.99 Å². The van der Waals surface area contributed by atoms with Crippen molar-refractivity contribution >= 4 is 11.6 Å². The third-order valence-electron chi connectivity index (χ3n) is 1.16. The lowest BCUT2D eigenvalue weighted by Crippen LogP contribution is -2.23. The lowest BCUT2D eigenvalue weighted by Gasteiger charge is -1.92. The Hall–Kier alpha value is -1.37. The van der Waals surface area contributed by atoms with Crippen molar-refractivity contribution in [2.75, 3.05) is 6.54 Å². The Morgan fingerprint density at radius 3 is 2.78 bits per heavy atom. The third kappa shape index (κ3) is 0.765. The molecule has 4 nitrogen and oxygen atoms in total. The van der Waals surface area contributed by atoms with Crippen molar-refractivity contribution in [1.29, 1.82) is 5.26 Å². The summed E-state index contributed by atoms with van der Waals surface area (Å²) in [5.41, 5.74) is 5.19. The molecule has 0 spiro atoms. The summed E-state index contributed by atoms with van der Waals surface area (Å²) in [6.45, 7) is 0.0735. The minimum atomic E-state index is -0.773. The van der Waals surface area contributed by atoms with E-state index in [9.17, 15) is 4.79 Å². The Balaban J connectivity index is 2.83. The number of amidine groups is 1. The summed E-state index contributed by atoms with van der Waals surface area (Å²) in [4.78, 5) is 14.2. The second-order valence-electron chi connectivity index (χ2n) is 1.77. The molecule has 0 radical (unpaired) electrons. The Bertz CT molecular complexity index is 213. The van der Waals surface area contributed by atoms with Gasteiger partial charge in [-0.2, -0.15) is 5.26 Å². The standard InChI is InChI=1S/C5H5N3O/c6-1-3-4(9)2-8-5(3)7/h3H,2H2,(H2,7,8). The molecule has 2 N–H and O–H groups in total. The molecule has 0 saturated heterocycles. The third-order valence-corrected chi connectivity index (χ3v) is 1.16. The SMILES string of the molecule is N#CC1C(=O)CN=C1N. The normalized spacial score (nSPS) is 25.4. The summed E-state index contributed by atoms with van der Waals surface area (Å²) in [5, 5.41) is 8.28. The van der Waals surface area contributed by atoms with Gasteiger partial charge in [0.25, 0.3) is 0 Å². The molecule has 9 heavy (non-hydrogen) atoms. The first-order valence-corrected chi connectivity index (χ1v) is 2.48. The van der Waals surface area contributed by atoms with E-state index in [1.54, 1.807) is 6.07 Å². The molecule has 0 bridgehead atoms. The van der Waals surface area contributed by atoms with Gasteiger partial charge in [0.2, 0.25) is 0 Å². The Labute approximate surface area is 52.0 Å². The van der Waals surface area contributed by atoms with Gasteiger partial charge in [0.15, 0.2) is 11.7 Å². The molecule has 0 amide bonds. The van der Waals surface area contributed by atoms with Crippen LogP contribution in [-0.2, 0) is 4.79 Å².